The van der Waals surface area contributed by atoms with Crippen molar-refractivity contribution in [3.8, 4) is 0 Å². The van der Waals surface area contributed by atoms with Crippen molar-refractivity contribution in [3.05, 3.63) is 0 Å². The topological polar surface area (TPSA) is 237 Å². The molecule has 5 atom stereocenters. The summed E-state index contributed by atoms with van der Waals surface area (Å²) in [5.74, 6) is -0.590. The van der Waals surface area contributed by atoms with E-state index in [1.807, 2.05) is 0 Å². The highest BCUT2D eigenvalue weighted by molar-refractivity contribution is 7.47. The quantitative estimate of drug-likeness (QED) is 0.0222. The molecular weight excluding hydrogens is 1340 g/mol. The lowest BCUT2D eigenvalue weighted by Gasteiger charge is -2.21. The van der Waals surface area contributed by atoms with Crippen molar-refractivity contribution in [2.24, 2.45) is 11.8 Å². The minimum atomic E-state index is -4.96. The Morgan fingerprint density at radius 2 is 0.447 bits per heavy atom. The summed E-state index contributed by atoms with van der Waals surface area (Å²) in [4.78, 5) is 73.1. The van der Waals surface area contributed by atoms with Gasteiger partial charge in [0.1, 0.15) is 19.3 Å². The number of aliphatic hydroxyl groups is 1. The summed E-state index contributed by atoms with van der Waals surface area (Å²) < 4.78 is 68.8. The van der Waals surface area contributed by atoms with E-state index in [0.29, 0.717) is 31.6 Å². The van der Waals surface area contributed by atoms with Gasteiger partial charge in [-0.1, -0.05) is 395 Å². The molecule has 0 bridgehead atoms. The number of hydrogen-bond acceptors (Lipinski definition) is 15. The fraction of sp³-hybridized carbons (Fsp3) is 0.952. The second kappa shape index (κ2) is 75.5. The molecule has 0 saturated carbocycles. The largest absolute Gasteiger partial charge is 0.472 e. The molecule has 0 spiro atoms. The Kier molecular flexibility index (Phi) is 74.1. The first kappa shape index (κ1) is 101. The number of rotatable bonds is 83. The third-order valence-electron chi connectivity index (χ3n) is 19.7. The van der Waals surface area contributed by atoms with Crippen LogP contribution in [0.5, 0.6) is 0 Å². The van der Waals surface area contributed by atoms with Gasteiger partial charge in [0.2, 0.25) is 0 Å². The zero-order chi connectivity index (χ0) is 75.6. The summed E-state index contributed by atoms with van der Waals surface area (Å²) in [6.45, 7) is 9.64. The van der Waals surface area contributed by atoms with Crippen LogP contribution in [0.25, 0.3) is 0 Å². The number of phosphoric ester groups is 2. The molecule has 0 saturated heterocycles. The van der Waals surface area contributed by atoms with Crippen LogP contribution in [-0.2, 0) is 65.4 Å². The number of aliphatic hydroxyl groups excluding tert-OH is 1. The molecule has 0 fully saturated rings. The zero-order valence-corrected chi connectivity index (χ0v) is 69.4. The maximum Gasteiger partial charge on any atom is 0.472 e. The van der Waals surface area contributed by atoms with Gasteiger partial charge in [-0.05, 0) is 37.5 Å². The monoisotopic (exact) mass is 1510 g/mol. The molecule has 2 unspecified atom stereocenters. The van der Waals surface area contributed by atoms with Gasteiger partial charge in [0.25, 0.3) is 0 Å². The highest BCUT2D eigenvalue weighted by atomic mass is 31.2. The lowest BCUT2D eigenvalue weighted by molar-refractivity contribution is -0.161. The molecule has 3 N–H and O–H groups in total. The highest BCUT2D eigenvalue weighted by Gasteiger charge is 2.30. The highest BCUT2D eigenvalue weighted by Crippen LogP contribution is 2.45. The first-order chi connectivity index (χ1) is 49.9. The molecule has 17 nitrogen and oxygen atoms in total. The lowest BCUT2D eigenvalue weighted by Crippen LogP contribution is -2.30. The smallest absolute Gasteiger partial charge is 0.462 e. The summed E-state index contributed by atoms with van der Waals surface area (Å²) in [7, 11) is -9.92. The second-order valence-corrected chi connectivity index (χ2v) is 34.1. The van der Waals surface area contributed by atoms with Crippen molar-refractivity contribution in [3.63, 3.8) is 0 Å². The second-order valence-electron chi connectivity index (χ2n) is 31.2. The summed E-state index contributed by atoms with van der Waals surface area (Å²) in [6, 6.07) is 0. The molecule has 0 heterocycles. The Bertz CT molecular complexity index is 1980. The molecular formula is C84H164O17P2. The fourth-order valence-corrected chi connectivity index (χ4v) is 14.6. The van der Waals surface area contributed by atoms with E-state index in [4.69, 9.17) is 37.0 Å². The van der Waals surface area contributed by atoms with Crippen molar-refractivity contribution >= 4 is 39.5 Å². The van der Waals surface area contributed by atoms with E-state index in [0.717, 1.165) is 102 Å². The predicted molar refractivity (Wildman–Crippen MR) is 423 cm³/mol. The predicted octanol–water partition coefficient (Wildman–Crippen LogP) is 25.5. The van der Waals surface area contributed by atoms with Crippen LogP contribution in [0.15, 0.2) is 0 Å². The number of hydrogen-bond donors (Lipinski definition) is 3. The Morgan fingerprint density at radius 3 is 0.660 bits per heavy atom. The molecule has 0 amide bonds. The van der Waals surface area contributed by atoms with Gasteiger partial charge in [0, 0.05) is 25.7 Å². The molecule has 0 aliphatic heterocycles. The van der Waals surface area contributed by atoms with Crippen molar-refractivity contribution in [2.45, 2.75) is 464 Å². The average molecular weight is 1510 g/mol. The molecule has 0 aliphatic rings. The molecule has 0 aromatic rings. The number of unbranched alkanes of at least 4 members (excludes halogenated alkanes) is 53. The number of phosphoric acid groups is 2. The van der Waals surface area contributed by atoms with E-state index < -0.39 is 97.5 Å². The minimum absolute atomic E-state index is 0.108. The van der Waals surface area contributed by atoms with Crippen LogP contribution in [0, 0.1) is 11.8 Å². The third-order valence-corrected chi connectivity index (χ3v) is 21.6. The van der Waals surface area contributed by atoms with Crippen LogP contribution < -0.4 is 0 Å². The first-order valence-electron chi connectivity index (χ1n) is 43.5. The average Bonchev–Trinajstić information content (AvgIpc) is 0.917. The molecule has 0 aromatic heterocycles. The summed E-state index contributed by atoms with van der Waals surface area (Å²) in [6.07, 6.45) is 66.7. The van der Waals surface area contributed by atoms with Gasteiger partial charge in [-0.3, -0.25) is 37.3 Å². The molecule has 0 aliphatic carbocycles. The van der Waals surface area contributed by atoms with Crippen LogP contribution in [0.4, 0.5) is 0 Å². The van der Waals surface area contributed by atoms with Gasteiger partial charge >= 0.3 is 39.5 Å². The van der Waals surface area contributed by atoms with Gasteiger partial charge < -0.3 is 33.8 Å². The lowest BCUT2D eigenvalue weighted by atomic mass is 10.0. The van der Waals surface area contributed by atoms with Gasteiger partial charge in [0.15, 0.2) is 12.2 Å². The van der Waals surface area contributed by atoms with Gasteiger partial charge in [-0.2, -0.15) is 0 Å². The van der Waals surface area contributed by atoms with Crippen LogP contribution >= 0.6 is 15.6 Å². The summed E-state index contributed by atoms with van der Waals surface area (Å²) in [5, 5.41) is 10.7. The van der Waals surface area contributed by atoms with Crippen LogP contribution in [0.3, 0.4) is 0 Å². The molecule has 0 rings (SSSR count). The molecule has 0 aromatic carbocycles. The maximum absolute atomic E-state index is 13.1. The van der Waals surface area contributed by atoms with Gasteiger partial charge in [-0.15, -0.1) is 0 Å². The Hall–Kier alpha value is -1.94. The first-order valence-corrected chi connectivity index (χ1v) is 46.5. The van der Waals surface area contributed by atoms with E-state index in [-0.39, 0.29) is 25.7 Å². The minimum Gasteiger partial charge on any atom is -0.462 e. The Labute approximate surface area is 632 Å². The van der Waals surface area contributed by atoms with E-state index >= 15 is 0 Å². The zero-order valence-electron chi connectivity index (χ0n) is 67.6. The standard InChI is InChI=1S/C84H164O17P2/c1-7-9-11-13-15-17-19-21-23-25-26-31-34-38-42-48-54-60-66-81(86)94-72-79(100-83(88)68-63-57-50-44-40-36-32-28-27-29-33-37-41-46-52-58-64-76(3)4)74-98-102(90,91)96-70-78(85)71-97-103(92,93)99-75-80(73-95-82(87)67-61-55-51-45-47-53-59-65-77(5)6)101-84(89)69-62-56-49-43-39-35-30-24-22-20-18-16-14-12-10-8-2/h76-80,85H,7-75H2,1-6H3,(H,90,91)(H,92,93)/t78-,79-,80-/m1/s1. The number of carbonyl (C=O) groups excluding carboxylic acids is 4. The van der Waals surface area contributed by atoms with E-state index in [2.05, 4.69) is 41.5 Å². The van der Waals surface area contributed by atoms with Crippen LogP contribution in [-0.4, -0.2) is 96.7 Å². The van der Waals surface area contributed by atoms with Crippen LogP contribution in [0.1, 0.15) is 446 Å². The fourth-order valence-electron chi connectivity index (χ4n) is 13.1. The number of carbonyl (C=O) groups is 4. The number of ether oxygens (including phenoxy) is 4. The Morgan fingerprint density at radius 1 is 0.262 bits per heavy atom. The number of esters is 4. The van der Waals surface area contributed by atoms with Gasteiger partial charge in [-0.25, -0.2) is 9.13 Å². The van der Waals surface area contributed by atoms with Crippen LogP contribution in [0.2, 0.25) is 0 Å². The van der Waals surface area contributed by atoms with Crippen molar-refractivity contribution in [2.75, 3.05) is 39.6 Å². The molecule has 19 heteroatoms. The van der Waals surface area contributed by atoms with E-state index in [1.54, 1.807) is 0 Å². The SMILES string of the molecule is CCCCCCCCCCCCCCCCCCCCC(=O)OC[C@H](COP(=O)(O)OC[C@@H](O)COP(=O)(O)OC[C@@H](COC(=O)CCCCCCCCCC(C)C)OC(=O)CCCCCCCCCCCCCCCCCC)OC(=O)CCCCCCCCCCCCCCCCCCC(C)C. The molecule has 612 valence electrons. The Balaban J connectivity index is 5.23. The van der Waals surface area contributed by atoms with Gasteiger partial charge in [0.05, 0.1) is 26.4 Å². The van der Waals surface area contributed by atoms with E-state index in [9.17, 15) is 43.2 Å². The normalized spacial score (nSPS) is 13.9. The van der Waals surface area contributed by atoms with Crippen molar-refractivity contribution < 1.29 is 80.2 Å². The summed E-state index contributed by atoms with van der Waals surface area (Å²) in [5.41, 5.74) is 0. The molecule has 103 heavy (non-hydrogen) atoms. The van der Waals surface area contributed by atoms with Crippen molar-refractivity contribution in [1.29, 1.82) is 0 Å². The molecule has 0 radical (unpaired) electrons. The van der Waals surface area contributed by atoms with Crippen molar-refractivity contribution in [1.82, 2.24) is 0 Å². The third kappa shape index (κ3) is 78.0. The maximum atomic E-state index is 13.1. The summed E-state index contributed by atoms with van der Waals surface area (Å²) >= 11 is 0. The van der Waals surface area contributed by atoms with E-state index in [1.165, 1.54) is 257 Å².